The number of phenols is 1. The van der Waals surface area contributed by atoms with Gasteiger partial charge in [0.2, 0.25) is 0 Å². The molecule has 0 bridgehead atoms. The van der Waals surface area contributed by atoms with Crippen molar-refractivity contribution in [2.75, 3.05) is 6.54 Å². The van der Waals surface area contributed by atoms with Crippen LogP contribution >= 0.6 is 0 Å². The maximum Gasteiger partial charge on any atom is 0.317 e. The number of hydrogen-bond acceptors (Lipinski definition) is 4. The lowest BCUT2D eigenvalue weighted by Gasteiger charge is -2.16. The maximum absolute atomic E-state index is 11.3. The standard InChI is InChI=1S/C12H15N3O3/c1-9(15-12(17)14-8-2-7-13)18-11-5-3-10(16)4-6-11/h3-6,9,16H,2,8H2,1H3,(H2,14,15,17). The van der Waals surface area contributed by atoms with E-state index >= 15 is 0 Å². The molecule has 1 rings (SSSR count). The zero-order chi connectivity index (χ0) is 13.4. The summed E-state index contributed by atoms with van der Waals surface area (Å²) in [6, 6.07) is 7.72. The first kappa shape index (κ1) is 13.6. The van der Waals surface area contributed by atoms with Crippen molar-refractivity contribution in [2.24, 2.45) is 0 Å². The Bertz CT molecular complexity index is 425. The van der Waals surface area contributed by atoms with E-state index < -0.39 is 12.3 Å². The highest BCUT2D eigenvalue weighted by atomic mass is 16.5. The minimum absolute atomic E-state index is 0.150. The molecule has 1 aromatic rings. The molecular formula is C12H15N3O3. The highest BCUT2D eigenvalue weighted by molar-refractivity contribution is 5.73. The number of carbonyl (C=O) groups excluding carboxylic acids is 1. The molecule has 0 saturated carbocycles. The zero-order valence-corrected chi connectivity index (χ0v) is 10.0. The van der Waals surface area contributed by atoms with Gasteiger partial charge in [0.25, 0.3) is 0 Å². The molecule has 0 aliphatic rings. The van der Waals surface area contributed by atoms with E-state index in [1.165, 1.54) is 12.1 Å². The van der Waals surface area contributed by atoms with Crippen molar-refractivity contribution in [1.82, 2.24) is 10.6 Å². The van der Waals surface area contributed by atoms with Crippen LogP contribution in [-0.4, -0.2) is 23.9 Å². The summed E-state index contributed by atoms with van der Waals surface area (Å²) in [4.78, 5) is 11.3. The predicted molar refractivity (Wildman–Crippen MR) is 65.0 cm³/mol. The number of aromatic hydroxyl groups is 1. The summed E-state index contributed by atoms with van der Waals surface area (Å²) in [5.74, 6) is 0.690. The van der Waals surface area contributed by atoms with Crippen molar-refractivity contribution in [1.29, 1.82) is 5.26 Å². The smallest absolute Gasteiger partial charge is 0.317 e. The second-order valence-electron chi connectivity index (χ2n) is 3.56. The minimum Gasteiger partial charge on any atom is -0.508 e. The average Bonchev–Trinajstić information content (AvgIpc) is 2.32. The zero-order valence-electron chi connectivity index (χ0n) is 10.0. The number of phenolic OH excluding ortho intramolecular Hbond substituents is 1. The van der Waals surface area contributed by atoms with Crippen LogP contribution in [0.5, 0.6) is 11.5 Å². The first-order valence-electron chi connectivity index (χ1n) is 5.49. The van der Waals surface area contributed by atoms with Gasteiger partial charge in [0.15, 0.2) is 6.23 Å². The van der Waals surface area contributed by atoms with E-state index in [4.69, 9.17) is 15.1 Å². The topological polar surface area (TPSA) is 94.4 Å². The van der Waals surface area contributed by atoms with E-state index in [1.54, 1.807) is 19.1 Å². The van der Waals surface area contributed by atoms with Gasteiger partial charge in [0.05, 0.1) is 12.5 Å². The quantitative estimate of drug-likeness (QED) is 0.542. The Labute approximate surface area is 105 Å². The van der Waals surface area contributed by atoms with E-state index in [0.717, 1.165) is 0 Å². The molecule has 0 aliphatic heterocycles. The van der Waals surface area contributed by atoms with Crippen LogP contribution in [0.1, 0.15) is 13.3 Å². The number of hydrogen-bond donors (Lipinski definition) is 3. The van der Waals surface area contributed by atoms with Gasteiger partial charge in [-0.2, -0.15) is 5.26 Å². The minimum atomic E-state index is -0.517. The monoisotopic (exact) mass is 249 g/mol. The van der Waals surface area contributed by atoms with Crippen molar-refractivity contribution >= 4 is 6.03 Å². The van der Waals surface area contributed by atoms with E-state index in [-0.39, 0.29) is 12.2 Å². The van der Waals surface area contributed by atoms with Crippen LogP contribution in [0.4, 0.5) is 4.79 Å². The number of benzene rings is 1. The highest BCUT2D eigenvalue weighted by Gasteiger charge is 2.07. The van der Waals surface area contributed by atoms with Crippen LogP contribution in [0.3, 0.4) is 0 Å². The summed E-state index contributed by atoms with van der Waals surface area (Å²) >= 11 is 0. The molecule has 6 nitrogen and oxygen atoms in total. The number of nitriles is 1. The first-order valence-corrected chi connectivity index (χ1v) is 5.49. The first-order chi connectivity index (χ1) is 8.61. The third-order valence-corrected chi connectivity index (χ3v) is 2.01. The Kier molecular flexibility index (Phi) is 5.32. The van der Waals surface area contributed by atoms with E-state index in [1.807, 2.05) is 6.07 Å². The second-order valence-corrected chi connectivity index (χ2v) is 3.56. The summed E-state index contributed by atoms with van der Waals surface area (Å²) in [6.45, 7) is 1.98. The lowest BCUT2D eigenvalue weighted by Crippen LogP contribution is -2.43. The molecule has 3 N–H and O–H groups in total. The Morgan fingerprint density at radius 3 is 2.78 bits per heavy atom. The molecular weight excluding hydrogens is 234 g/mol. The van der Waals surface area contributed by atoms with Crippen LogP contribution in [-0.2, 0) is 0 Å². The van der Waals surface area contributed by atoms with Crippen LogP contribution in [0, 0.1) is 11.3 Å². The Morgan fingerprint density at radius 1 is 1.50 bits per heavy atom. The molecule has 0 aliphatic carbocycles. The average molecular weight is 249 g/mol. The van der Waals surface area contributed by atoms with Crippen LogP contribution in [0.15, 0.2) is 24.3 Å². The van der Waals surface area contributed by atoms with E-state index in [0.29, 0.717) is 12.3 Å². The maximum atomic E-state index is 11.3. The third kappa shape index (κ3) is 5.07. The van der Waals surface area contributed by atoms with Crippen molar-refractivity contribution < 1.29 is 14.6 Å². The van der Waals surface area contributed by atoms with Gasteiger partial charge < -0.3 is 20.5 Å². The summed E-state index contributed by atoms with van der Waals surface area (Å²) in [5, 5.41) is 22.5. The molecule has 1 unspecified atom stereocenters. The van der Waals surface area contributed by atoms with Gasteiger partial charge in [0.1, 0.15) is 11.5 Å². The summed E-state index contributed by atoms with van der Waals surface area (Å²) in [7, 11) is 0. The predicted octanol–water partition coefficient (Wildman–Crippen LogP) is 1.33. The Morgan fingerprint density at radius 2 is 2.17 bits per heavy atom. The summed E-state index contributed by atoms with van der Waals surface area (Å²) in [5.41, 5.74) is 0. The van der Waals surface area contributed by atoms with Gasteiger partial charge in [0, 0.05) is 6.54 Å². The normalized spacial score (nSPS) is 11.1. The second kappa shape index (κ2) is 7.01. The molecule has 0 saturated heterocycles. The lowest BCUT2D eigenvalue weighted by molar-refractivity contribution is 0.177. The third-order valence-electron chi connectivity index (χ3n) is 2.01. The molecule has 96 valence electrons. The fourth-order valence-electron chi connectivity index (χ4n) is 1.23. The molecule has 1 aromatic carbocycles. The van der Waals surface area contributed by atoms with Crippen LogP contribution in [0.2, 0.25) is 0 Å². The Hall–Kier alpha value is -2.42. The number of carbonyl (C=O) groups is 1. The number of urea groups is 1. The lowest BCUT2D eigenvalue weighted by atomic mass is 10.3. The van der Waals surface area contributed by atoms with Gasteiger partial charge in [-0.25, -0.2) is 4.79 Å². The molecule has 18 heavy (non-hydrogen) atoms. The largest absolute Gasteiger partial charge is 0.508 e. The van der Waals surface area contributed by atoms with Crippen molar-refractivity contribution in [3.05, 3.63) is 24.3 Å². The van der Waals surface area contributed by atoms with Crippen LogP contribution in [0.25, 0.3) is 0 Å². The van der Waals surface area contributed by atoms with E-state index in [2.05, 4.69) is 10.6 Å². The molecule has 1 atom stereocenters. The van der Waals surface area contributed by atoms with Crippen LogP contribution < -0.4 is 15.4 Å². The molecule has 2 amide bonds. The van der Waals surface area contributed by atoms with Gasteiger partial charge in [-0.05, 0) is 31.2 Å². The highest BCUT2D eigenvalue weighted by Crippen LogP contribution is 2.16. The molecule has 0 fully saturated rings. The molecule has 0 aromatic heterocycles. The van der Waals surface area contributed by atoms with Gasteiger partial charge >= 0.3 is 6.03 Å². The SMILES string of the molecule is CC(NC(=O)NCCC#N)Oc1ccc(O)cc1. The van der Waals surface area contributed by atoms with Crippen molar-refractivity contribution in [3.63, 3.8) is 0 Å². The van der Waals surface area contributed by atoms with Gasteiger partial charge in [-0.15, -0.1) is 0 Å². The number of amides is 2. The van der Waals surface area contributed by atoms with Crippen molar-refractivity contribution in [3.8, 4) is 17.6 Å². The summed E-state index contributed by atoms with van der Waals surface area (Å²) in [6.07, 6.45) is -0.253. The molecule has 0 heterocycles. The Balaban J connectivity index is 2.33. The van der Waals surface area contributed by atoms with Crippen molar-refractivity contribution in [2.45, 2.75) is 19.6 Å². The summed E-state index contributed by atoms with van der Waals surface area (Å²) < 4.78 is 5.40. The number of nitrogens with one attached hydrogen (secondary N) is 2. The van der Waals surface area contributed by atoms with E-state index in [9.17, 15) is 4.79 Å². The fraction of sp³-hybridized carbons (Fsp3) is 0.333. The molecule has 0 radical (unpaired) electrons. The number of rotatable bonds is 5. The number of nitrogens with zero attached hydrogens (tertiary/aromatic N) is 1. The van der Waals surface area contributed by atoms with Gasteiger partial charge in [-0.1, -0.05) is 0 Å². The van der Waals surface area contributed by atoms with Gasteiger partial charge in [-0.3, -0.25) is 0 Å². The molecule has 0 spiro atoms. The number of ether oxygens (including phenoxy) is 1. The fourth-order valence-corrected chi connectivity index (χ4v) is 1.23. The molecule has 6 heteroatoms.